The van der Waals surface area contributed by atoms with E-state index in [1.807, 2.05) is 9.47 Å². The molecule has 0 radical (unpaired) electrons. The summed E-state index contributed by atoms with van der Waals surface area (Å²) >= 11 is 0. The number of esters is 2. The van der Waals surface area contributed by atoms with Crippen LogP contribution in [0.4, 0.5) is 114 Å². The number of hydrogen-bond donors (Lipinski definition) is 0. The Labute approximate surface area is 230 Å². The Hall–Kier alpha value is -3.14. The predicted molar refractivity (Wildman–Crippen MR) is 82.9 cm³/mol. The van der Waals surface area contributed by atoms with Gasteiger partial charge in [-0.05, 0) is 0 Å². The van der Waals surface area contributed by atoms with Crippen LogP contribution in [-0.2, 0) is 19.1 Å². The summed E-state index contributed by atoms with van der Waals surface area (Å²) in [5.74, 6) is -75.3. The van der Waals surface area contributed by atoms with E-state index in [4.69, 9.17) is 0 Å². The molecule has 0 fully saturated rings. The van der Waals surface area contributed by atoms with Crippen molar-refractivity contribution >= 4 is 11.9 Å². The van der Waals surface area contributed by atoms with E-state index in [-0.39, 0.29) is 0 Å². The minimum absolute atomic E-state index is 1.77. The molecule has 0 aromatic heterocycles. The molecule has 0 aromatic rings. The summed E-state index contributed by atoms with van der Waals surface area (Å²) < 4.78 is 340. The van der Waals surface area contributed by atoms with E-state index in [1.165, 1.54) is 0 Å². The molecule has 0 spiro atoms. The van der Waals surface area contributed by atoms with Gasteiger partial charge in [0.15, 0.2) is 0 Å². The van der Waals surface area contributed by atoms with Gasteiger partial charge in [-0.25, -0.2) is 9.59 Å². The van der Waals surface area contributed by atoms with Gasteiger partial charge in [-0.3, -0.25) is 0 Å². The zero-order valence-electron chi connectivity index (χ0n) is 19.6. The van der Waals surface area contributed by atoms with Crippen molar-refractivity contribution < 1.29 is 133 Å². The molecule has 2 unspecified atom stereocenters. The zero-order valence-corrected chi connectivity index (χ0v) is 19.6. The third-order valence-electron chi connectivity index (χ3n) is 4.66. The van der Waals surface area contributed by atoms with E-state index in [0.29, 0.717) is 0 Å². The molecule has 0 aliphatic carbocycles. The van der Waals surface area contributed by atoms with Gasteiger partial charge in [0.05, 0.1) is 0 Å². The Morgan fingerprint density at radius 3 is 0.652 bits per heavy atom. The lowest BCUT2D eigenvalue weighted by Crippen LogP contribution is -2.72. The monoisotopic (exact) mass is 752 g/mol. The molecule has 0 heterocycles. The molecule has 0 amide bonds. The fraction of sp³-hybridized carbons (Fsp3) is 0.750. The van der Waals surface area contributed by atoms with E-state index >= 15 is 0 Å². The van der Waals surface area contributed by atoms with Crippen LogP contribution in [-0.4, -0.2) is 83.9 Å². The Morgan fingerprint density at radius 2 is 0.500 bits per heavy atom. The highest BCUT2D eigenvalue weighted by Crippen LogP contribution is 2.62. The first-order chi connectivity index (χ1) is 19.5. The van der Waals surface area contributed by atoms with Gasteiger partial charge in [0.2, 0.25) is 0 Å². The van der Waals surface area contributed by atoms with Gasteiger partial charge >= 0.3 is 83.9 Å². The predicted octanol–water partition coefficient (Wildman–Crippen LogP) is 8.02. The molecule has 272 valence electrons. The second kappa shape index (κ2) is 11.2. The number of rotatable bonds is 10. The molecule has 0 bridgehead atoms. The maximum atomic E-state index is 14.0. The molecule has 0 aliphatic heterocycles. The topological polar surface area (TPSA) is 52.6 Å². The summed E-state index contributed by atoms with van der Waals surface area (Å²) in [6, 6.07) is 0. The molecule has 0 rings (SSSR count). The molecule has 0 saturated carbocycles. The summed E-state index contributed by atoms with van der Waals surface area (Å²) in [6.45, 7) is 0. The Kier molecular flexibility index (Phi) is 10.5. The number of ether oxygens (including phenoxy) is 2. The molecule has 4 nitrogen and oxygen atoms in total. The van der Waals surface area contributed by atoms with E-state index in [9.17, 15) is 124 Å². The quantitative estimate of drug-likeness (QED) is 0.129. The zero-order chi connectivity index (χ0) is 38.0. The molecule has 46 heavy (non-hydrogen) atoms. The number of halogens is 26. The van der Waals surface area contributed by atoms with Crippen LogP contribution in [0.5, 0.6) is 0 Å². The van der Waals surface area contributed by atoms with Gasteiger partial charge in [0.25, 0.3) is 0 Å². The van der Waals surface area contributed by atoms with E-state index in [1.54, 1.807) is 0 Å². The summed E-state index contributed by atoms with van der Waals surface area (Å²) in [7, 11) is 0. The molecule has 0 N–H and O–H groups in total. The maximum Gasteiger partial charge on any atom is 0.467 e. The van der Waals surface area contributed by atoms with Gasteiger partial charge < -0.3 is 9.47 Å². The molecule has 0 saturated heterocycles. The lowest BCUT2D eigenvalue weighted by Gasteiger charge is -2.40. The molecular weight excluding hydrogens is 750 g/mol. The molecular formula is C16H2F26O4. The lowest BCUT2D eigenvalue weighted by molar-refractivity contribution is -0.464. The van der Waals surface area contributed by atoms with Crippen LogP contribution in [0.1, 0.15) is 0 Å². The highest BCUT2D eigenvalue weighted by molar-refractivity contribution is 5.92. The van der Waals surface area contributed by atoms with Crippen LogP contribution in [0.25, 0.3) is 0 Å². The summed E-state index contributed by atoms with van der Waals surface area (Å²) in [4.78, 5) is 22.3. The van der Waals surface area contributed by atoms with Crippen LogP contribution in [0.2, 0.25) is 0 Å². The van der Waals surface area contributed by atoms with Crippen LogP contribution in [0, 0.1) is 0 Å². The van der Waals surface area contributed by atoms with Gasteiger partial charge in [0.1, 0.15) is 0 Å². The lowest BCUT2D eigenvalue weighted by atomic mass is 9.96. The van der Waals surface area contributed by atoms with Crippen molar-refractivity contribution in [2.24, 2.45) is 0 Å². The highest BCUT2D eigenvalue weighted by Gasteiger charge is 2.93. The number of carbonyl (C=O) groups is 2. The van der Waals surface area contributed by atoms with Crippen molar-refractivity contribution in [2.45, 2.75) is 72.0 Å². The first-order valence-corrected chi connectivity index (χ1v) is 9.55. The smallest absolute Gasteiger partial charge is 0.411 e. The van der Waals surface area contributed by atoms with Crippen molar-refractivity contribution in [1.29, 1.82) is 0 Å². The normalized spacial score (nSPS) is 18.2. The van der Waals surface area contributed by atoms with Crippen LogP contribution >= 0.6 is 0 Å². The van der Waals surface area contributed by atoms with E-state index in [2.05, 4.69) is 0 Å². The minimum Gasteiger partial charge on any atom is -0.411 e. The SMILES string of the molecule is O=C(/C=C/C(=O)OC(F)(C(F)(F)F)C(F)(F)C(F)(F)C(F)(F)C(F)(F)F)OC(F)(C(F)(F)F)C(F)(F)C(F)(F)C(F)(F)C(F)(F)F. The second-order valence-electron chi connectivity index (χ2n) is 7.80. The Bertz CT molecular complexity index is 1080. The van der Waals surface area contributed by atoms with Gasteiger partial charge in [-0.1, -0.05) is 0 Å². The fourth-order valence-corrected chi connectivity index (χ4v) is 2.24. The van der Waals surface area contributed by atoms with Crippen molar-refractivity contribution in [1.82, 2.24) is 0 Å². The standard InChI is InChI=1S/C16H2F26O4/c17-5(18,9(25,26)13(31,32)33)7(21,22)11(29,15(37,38)39)45-3(43)1-2-4(44)46-12(30,16(40,41)42)8(23,24)6(19,20)10(27,28)14(34,35)36/h1-2H/b2-1+. The van der Waals surface area contributed by atoms with Crippen LogP contribution < -0.4 is 0 Å². The Balaban J connectivity index is 6.78. The first kappa shape index (κ1) is 42.9. The highest BCUT2D eigenvalue weighted by atomic mass is 19.4. The molecule has 2 atom stereocenters. The number of carbonyl (C=O) groups excluding carboxylic acids is 2. The molecule has 0 aromatic carbocycles. The van der Waals surface area contributed by atoms with E-state index < -0.39 is 96.0 Å². The average molecular weight is 752 g/mol. The molecule has 30 heteroatoms. The minimum atomic E-state index is -8.61. The third kappa shape index (κ3) is 6.26. The van der Waals surface area contributed by atoms with Crippen molar-refractivity contribution in [2.75, 3.05) is 0 Å². The average Bonchev–Trinajstić information content (AvgIpc) is 2.78. The largest absolute Gasteiger partial charge is 0.467 e. The summed E-state index contributed by atoms with van der Waals surface area (Å²) in [5.41, 5.74) is 0. The summed E-state index contributed by atoms with van der Waals surface area (Å²) in [6.07, 6.45) is -35.5. The molecule has 0 aliphatic rings. The third-order valence-corrected chi connectivity index (χ3v) is 4.66. The Morgan fingerprint density at radius 1 is 0.304 bits per heavy atom. The van der Waals surface area contributed by atoms with Gasteiger partial charge in [-0.15, -0.1) is 0 Å². The number of hydrogen-bond acceptors (Lipinski definition) is 4. The van der Waals surface area contributed by atoms with Crippen molar-refractivity contribution in [3.63, 3.8) is 0 Å². The van der Waals surface area contributed by atoms with Crippen molar-refractivity contribution in [3.05, 3.63) is 12.2 Å². The van der Waals surface area contributed by atoms with Crippen LogP contribution in [0.3, 0.4) is 0 Å². The summed E-state index contributed by atoms with van der Waals surface area (Å²) in [5, 5.41) is 0. The van der Waals surface area contributed by atoms with Gasteiger partial charge in [-0.2, -0.15) is 114 Å². The fourth-order valence-electron chi connectivity index (χ4n) is 2.24. The number of alkyl halides is 26. The van der Waals surface area contributed by atoms with Gasteiger partial charge in [0, 0.05) is 12.2 Å². The van der Waals surface area contributed by atoms with Crippen LogP contribution in [0.15, 0.2) is 12.2 Å². The second-order valence-corrected chi connectivity index (χ2v) is 7.80. The van der Waals surface area contributed by atoms with E-state index in [0.717, 1.165) is 0 Å². The maximum absolute atomic E-state index is 14.0. The van der Waals surface area contributed by atoms with Crippen molar-refractivity contribution in [3.8, 4) is 0 Å². The first-order valence-electron chi connectivity index (χ1n) is 9.55.